The lowest BCUT2D eigenvalue weighted by molar-refractivity contribution is -0.384. The summed E-state index contributed by atoms with van der Waals surface area (Å²) in [4.78, 5) is 34.5. The molecule has 0 bridgehead atoms. The van der Waals surface area contributed by atoms with Crippen molar-refractivity contribution in [2.45, 2.75) is 13.0 Å². The highest BCUT2D eigenvalue weighted by atomic mass is 16.6. The van der Waals surface area contributed by atoms with E-state index in [1.807, 2.05) is 49.4 Å². The van der Waals surface area contributed by atoms with Gasteiger partial charge in [-0.05, 0) is 35.4 Å². The molecule has 0 aliphatic carbocycles. The van der Waals surface area contributed by atoms with Gasteiger partial charge in [-0.15, -0.1) is 0 Å². The van der Waals surface area contributed by atoms with E-state index in [0.717, 1.165) is 16.3 Å². The maximum atomic E-state index is 12.2. The van der Waals surface area contributed by atoms with Gasteiger partial charge in [0, 0.05) is 17.7 Å². The van der Waals surface area contributed by atoms with Crippen molar-refractivity contribution in [3.8, 4) is 0 Å². The fraction of sp³-hybridized carbons (Fsp3) is 0.143. The molecule has 3 rings (SSSR count). The number of non-ortho nitro benzene ring substituents is 1. The van der Waals surface area contributed by atoms with Crippen molar-refractivity contribution in [3.05, 3.63) is 88.0 Å². The summed E-state index contributed by atoms with van der Waals surface area (Å²) in [5.41, 5.74) is 0.906. The van der Waals surface area contributed by atoms with Crippen LogP contribution in [-0.2, 0) is 4.79 Å². The minimum atomic E-state index is -0.575. The van der Waals surface area contributed by atoms with Gasteiger partial charge in [0.05, 0.1) is 17.5 Å². The summed E-state index contributed by atoms with van der Waals surface area (Å²) >= 11 is 0. The molecule has 0 unspecified atom stereocenters. The Morgan fingerprint density at radius 3 is 2.50 bits per heavy atom. The number of fused-ring (bicyclic) bond motifs is 1. The van der Waals surface area contributed by atoms with Crippen LogP contribution in [0, 0.1) is 10.1 Å². The maximum absolute atomic E-state index is 12.2. The molecule has 1 atom stereocenters. The number of hydrogen-bond donors (Lipinski definition) is 2. The van der Waals surface area contributed by atoms with Gasteiger partial charge in [-0.3, -0.25) is 19.7 Å². The Morgan fingerprint density at radius 1 is 1.00 bits per heavy atom. The van der Waals surface area contributed by atoms with E-state index in [1.54, 1.807) is 0 Å². The van der Waals surface area contributed by atoms with E-state index in [-0.39, 0.29) is 29.7 Å². The van der Waals surface area contributed by atoms with Crippen molar-refractivity contribution in [1.29, 1.82) is 0 Å². The number of nitro benzene ring substituents is 1. The summed E-state index contributed by atoms with van der Waals surface area (Å²) in [5.74, 6) is -0.892. The minimum Gasteiger partial charge on any atom is -0.348 e. The molecule has 3 aromatic carbocycles. The summed E-state index contributed by atoms with van der Waals surface area (Å²) < 4.78 is 0. The summed E-state index contributed by atoms with van der Waals surface area (Å²) in [5, 5.41) is 18.3. The highest BCUT2D eigenvalue weighted by molar-refractivity contribution is 5.97. The van der Waals surface area contributed by atoms with E-state index in [1.165, 1.54) is 24.3 Å². The predicted octanol–water partition coefficient (Wildman–Crippen LogP) is 3.36. The Kier molecular flexibility index (Phi) is 5.64. The van der Waals surface area contributed by atoms with Crippen LogP contribution in [0.25, 0.3) is 10.8 Å². The first-order chi connectivity index (χ1) is 13.4. The van der Waals surface area contributed by atoms with Crippen molar-refractivity contribution in [1.82, 2.24) is 10.6 Å². The van der Waals surface area contributed by atoms with Crippen LogP contribution in [0.15, 0.2) is 66.7 Å². The standard InChI is InChI=1S/C21H19N3O4/c1-14(16-10-9-15-5-2-3-6-17(15)11-16)23-20(25)13-22-21(26)18-7-4-8-19(12-18)24(27)28/h2-12,14H,13H2,1H3,(H,22,26)(H,23,25)/t14-/m1/s1. The normalized spacial score (nSPS) is 11.6. The number of carbonyl (C=O) groups is 2. The van der Waals surface area contributed by atoms with E-state index in [0.29, 0.717) is 0 Å². The lowest BCUT2D eigenvalue weighted by atomic mass is 10.0. The number of nitrogens with one attached hydrogen (secondary N) is 2. The average molecular weight is 377 g/mol. The van der Waals surface area contributed by atoms with Crippen LogP contribution in [0.1, 0.15) is 28.9 Å². The number of carbonyl (C=O) groups excluding carboxylic acids is 2. The zero-order chi connectivity index (χ0) is 20.1. The van der Waals surface area contributed by atoms with E-state index in [4.69, 9.17) is 0 Å². The third kappa shape index (κ3) is 4.50. The fourth-order valence-corrected chi connectivity index (χ4v) is 2.88. The van der Waals surface area contributed by atoms with Gasteiger partial charge in [0.1, 0.15) is 0 Å². The van der Waals surface area contributed by atoms with E-state index >= 15 is 0 Å². The van der Waals surface area contributed by atoms with Crippen LogP contribution >= 0.6 is 0 Å². The fourth-order valence-electron chi connectivity index (χ4n) is 2.88. The van der Waals surface area contributed by atoms with Crippen molar-refractivity contribution in [2.24, 2.45) is 0 Å². The lowest BCUT2D eigenvalue weighted by Crippen LogP contribution is -2.38. The van der Waals surface area contributed by atoms with E-state index < -0.39 is 10.8 Å². The molecule has 2 N–H and O–H groups in total. The average Bonchev–Trinajstić information content (AvgIpc) is 2.71. The molecular weight excluding hydrogens is 358 g/mol. The molecule has 0 fully saturated rings. The van der Waals surface area contributed by atoms with Gasteiger partial charge in [0.25, 0.3) is 11.6 Å². The van der Waals surface area contributed by atoms with Crippen molar-refractivity contribution >= 4 is 28.3 Å². The molecule has 0 aliphatic heterocycles. The zero-order valence-corrected chi connectivity index (χ0v) is 15.2. The SMILES string of the molecule is C[C@@H](NC(=O)CNC(=O)c1cccc([N+](=O)[O-])c1)c1ccc2ccccc2c1. The number of hydrogen-bond acceptors (Lipinski definition) is 4. The molecule has 0 spiro atoms. The first-order valence-electron chi connectivity index (χ1n) is 8.75. The number of amides is 2. The van der Waals surface area contributed by atoms with Crippen LogP contribution in [0.4, 0.5) is 5.69 Å². The van der Waals surface area contributed by atoms with Gasteiger partial charge in [-0.25, -0.2) is 0 Å². The van der Waals surface area contributed by atoms with Gasteiger partial charge < -0.3 is 10.6 Å². The van der Waals surface area contributed by atoms with Crippen LogP contribution in [-0.4, -0.2) is 23.3 Å². The molecule has 142 valence electrons. The molecule has 28 heavy (non-hydrogen) atoms. The number of benzene rings is 3. The molecule has 0 saturated carbocycles. The second kappa shape index (κ2) is 8.30. The first-order valence-corrected chi connectivity index (χ1v) is 8.75. The highest BCUT2D eigenvalue weighted by Crippen LogP contribution is 2.20. The highest BCUT2D eigenvalue weighted by Gasteiger charge is 2.14. The van der Waals surface area contributed by atoms with Crippen molar-refractivity contribution < 1.29 is 14.5 Å². The lowest BCUT2D eigenvalue weighted by Gasteiger charge is -2.15. The topological polar surface area (TPSA) is 101 Å². The van der Waals surface area contributed by atoms with Crippen LogP contribution in [0.5, 0.6) is 0 Å². The second-order valence-electron chi connectivity index (χ2n) is 6.39. The van der Waals surface area contributed by atoms with Crippen LogP contribution in [0.2, 0.25) is 0 Å². The van der Waals surface area contributed by atoms with Crippen molar-refractivity contribution in [2.75, 3.05) is 6.54 Å². The smallest absolute Gasteiger partial charge is 0.270 e. The monoisotopic (exact) mass is 377 g/mol. The van der Waals surface area contributed by atoms with E-state index in [9.17, 15) is 19.7 Å². The van der Waals surface area contributed by atoms with Gasteiger partial charge in [-0.2, -0.15) is 0 Å². The quantitative estimate of drug-likeness (QED) is 0.508. The van der Waals surface area contributed by atoms with Crippen LogP contribution < -0.4 is 10.6 Å². The number of nitro groups is 1. The molecule has 0 aliphatic rings. The van der Waals surface area contributed by atoms with E-state index in [2.05, 4.69) is 10.6 Å². The Labute approximate surface area is 161 Å². The Balaban J connectivity index is 1.58. The number of nitrogens with zero attached hydrogens (tertiary/aromatic N) is 1. The Morgan fingerprint density at radius 2 is 1.75 bits per heavy atom. The molecule has 2 amide bonds. The minimum absolute atomic E-state index is 0.129. The van der Waals surface area contributed by atoms with Crippen LogP contribution in [0.3, 0.4) is 0 Å². The predicted molar refractivity (Wildman–Crippen MR) is 106 cm³/mol. The molecule has 0 heterocycles. The van der Waals surface area contributed by atoms with Gasteiger partial charge in [0.15, 0.2) is 0 Å². The molecule has 0 radical (unpaired) electrons. The first kappa shape index (κ1) is 19.0. The summed E-state index contributed by atoms with van der Waals surface area (Å²) in [6, 6.07) is 19.0. The van der Waals surface area contributed by atoms with Gasteiger partial charge in [0.2, 0.25) is 5.91 Å². The molecule has 0 aromatic heterocycles. The molecule has 3 aromatic rings. The maximum Gasteiger partial charge on any atom is 0.270 e. The summed E-state index contributed by atoms with van der Waals surface area (Å²) in [7, 11) is 0. The van der Waals surface area contributed by atoms with Gasteiger partial charge >= 0.3 is 0 Å². The molecule has 0 saturated heterocycles. The largest absolute Gasteiger partial charge is 0.348 e. The second-order valence-corrected chi connectivity index (χ2v) is 6.39. The third-order valence-electron chi connectivity index (χ3n) is 4.38. The molecular formula is C21H19N3O4. The summed E-state index contributed by atoms with van der Waals surface area (Å²) in [6.45, 7) is 1.64. The Bertz CT molecular complexity index is 1050. The molecule has 7 heteroatoms. The van der Waals surface area contributed by atoms with Gasteiger partial charge in [-0.1, -0.05) is 42.5 Å². The summed E-state index contributed by atoms with van der Waals surface area (Å²) in [6.07, 6.45) is 0. The molecule has 7 nitrogen and oxygen atoms in total. The zero-order valence-electron chi connectivity index (χ0n) is 15.2. The van der Waals surface area contributed by atoms with Crippen molar-refractivity contribution in [3.63, 3.8) is 0 Å². The Hall–Kier alpha value is -3.74. The number of rotatable bonds is 6. The third-order valence-corrected chi connectivity index (χ3v) is 4.38.